The topological polar surface area (TPSA) is 33.5 Å². The molecular weight excluding hydrogens is 1020 g/mol. The van der Waals surface area contributed by atoms with Gasteiger partial charge in [0.2, 0.25) is 0 Å². The molecule has 0 N–H and O–H groups in total. The Morgan fingerprint density at radius 3 is 1.61 bits per heavy atom. The molecule has 5 nitrogen and oxygen atoms in total. The Morgan fingerprint density at radius 1 is 0.463 bits per heavy atom. The summed E-state index contributed by atoms with van der Waals surface area (Å²) >= 11 is 1.87. The van der Waals surface area contributed by atoms with Crippen LogP contribution in [-0.4, -0.2) is 16.2 Å². The van der Waals surface area contributed by atoms with Crippen LogP contribution in [0.5, 0.6) is 11.5 Å². The number of anilines is 4. The van der Waals surface area contributed by atoms with E-state index < -0.39 is 0 Å². The summed E-state index contributed by atoms with van der Waals surface area (Å²) in [6.45, 7) is 35.6. The van der Waals surface area contributed by atoms with E-state index in [9.17, 15) is 0 Å². The van der Waals surface area contributed by atoms with Gasteiger partial charge in [-0.05, 0) is 140 Å². The van der Waals surface area contributed by atoms with Gasteiger partial charge in [-0.3, -0.25) is 4.57 Å². The fourth-order valence-corrected chi connectivity index (χ4v) is 13.5. The monoisotopic (exact) mass is 1100 g/mol. The van der Waals surface area contributed by atoms with Crippen LogP contribution in [0.3, 0.4) is 0 Å². The fourth-order valence-electron chi connectivity index (χ4n) is 12.2. The molecule has 4 heterocycles. The SMILES string of the molecule is CCC(C)(CC)c1ccnc(-n2c3cc(Oc4cccc(N5CN(c6c(-c7cc(C(C)(C)C)cc(C(C)(C)C)c7)cccc6-c6cc(C(C)(C)C)cc(C(C)(C)C)c6)c6ccccc65)c4)ccc3c3c4sc5ccccc5c4ccc32)c1. The third-order valence-corrected chi connectivity index (χ3v) is 19.1. The third kappa shape index (κ3) is 9.75. The highest BCUT2D eigenvalue weighted by molar-refractivity contribution is 7.26. The number of benzene rings is 8. The zero-order valence-corrected chi connectivity index (χ0v) is 51.8. The molecule has 0 amide bonds. The maximum atomic E-state index is 7.06. The predicted molar refractivity (Wildman–Crippen MR) is 354 cm³/mol. The summed E-state index contributed by atoms with van der Waals surface area (Å²) in [7, 11) is 0. The molecule has 12 rings (SSSR count). The highest BCUT2D eigenvalue weighted by atomic mass is 32.1. The zero-order valence-electron chi connectivity index (χ0n) is 51.0. The van der Waals surface area contributed by atoms with Crippen LogP contribution >= 0.6 is 11.3 Å². The Labute approximate surface area is 491 Å². The summed E-state index contributed by atoms with van der Waals surface area (Å²) < 4.78 is 12.0. The van der Waals surface area contributed by atoms with Gasteiger partial charge in [-0.2, -0.15) is 0 Å². The second-order valence-corrected chi connectivity index (χ2v) is 28.6. The van der Waals surface area contributed by atoms with Crippen LogP contribution < -0.4 is 14.5 Å². The molecule has 82 heavy (non-hydrogen) atoms. The first-order chi connectivity index (χ1) is 38.9. The van der Waals surface area contributed by atoms with Crippen LogP contribution in [0, 0.1) is 0 Å². The molecule has 0 saturated heterocycles. The molecule has 416 valence electrons. The third-order valence-electron chi connectivity index (χ3n) is 17.8. The first-order valence-corrected chi connectivity index (χ1v) is 30.5. The average Bonchev–Trinajstić information content (AvgIpc) is 3.43. The molecule has 0 spiro atoms. The molecule has 11 aromatic rings. The average molecular weight is 1100 g/mol. The van der Waals surface area contributed by atoms with Gasteiger partial charge >= 0.3 is 0 Å². The smallest absolute Gasteiger partial charge is 0.137 e. The van der Waals surface area contributed by atoms with Gasteiger partial charge in [0.15, 0.2) is 0 Å². The summed E-state index contributed by atoms with van der Waals surface area (Å²) in [5.74, 6) is 2.46. The van der Waals surface area contributed by atoms with Gasteiger partial charge in [0.25, 0.3) is 0 Å². The molecule has 0 fully saturated rings. The van der Waals surface area contributed by atoms with Crippen LogP contribution in [0.25, 0.3) is 70.0 Å². The van der Waals surface area contributed by atoms with Crippen molar-refractivity contribution in [3.63, 3.8) is 0 Å². The molecule has 6 heteroatoms. The van der Waals surface area contributed by atoms with Crippen LogP contribution in [-0.2, 0) is 27.1 Å². The van der Waals surface area contributed by atoms with Crippen molar-refractivity contribution >= 4 is 76.1 Å². The van der Waals surface area contributed by atoms with Crippen LogP contribution in [0.2, 0.25) is 0 Å². The van der Waals surface area contributed by atoms with E-state index >= 15 is 0 Å². The van der Waals surface area contributed by atoms with Gasteiger partial charge in [0, 0.05) is 66.1 Å². The number of thiophene rings is 1. The minimum Gasteiger partial charge on any atom is -0.457 e. The van der Waals surface area contributed by atoms with E-state index in [1.807, 2.05) is 17.5 Å². The molecule has 0 bridgehead atoms. The van der Waals surface area contributed by atoms with E-state index in [0.29, 0.717) is 6.67 Å². The maximum absolute atomic E-state index is 7.06. The number of hydrogen-bond acceptors (Lipinski definition) is 5. The van der Waals surface area contributed by atoms with Gasteiger partial charge < -0.3 is 14.5 Å². The Kier molecular flexibility index (Phi) is 13.4. The second-order valence-electron chi connectivity index (χ2n) is 27.5. The number of para-hydroxylation sites is 3. The van der Waals surface area contributed by atoms with Crippen molar-refractivity contribution in [3.05, 3.63) is 204 Å². The largest absolute Gasteiger partial charge is 0.457 e. The second kappa shape index (κ2) is 20.0. The lowest BCUT2D eigenvalue weighted by Crippen LogP contribution is -2.25. The van der Waals surface area contributed by atoms with E-state index in [-0.39, 0.29) is 27.1 Å². The number of pyridine rings is 1. The van der Waals surface area contributed by atoms with Crippen molar-refractivity contribution < 1.29 is 4.74 Å². The first-order valence-electron chi connectivity index (χ1n) is 29.6. The van der Waals surface area contributed by atoms with Crippen molar-refractivity contribution in [2.75, 3.05) is 16.5 Å². The lowest BCUT2D eigenvalue weighted by molar-refractivity contribution is 0.438. The van der Waals surface area contributed by atoms with Crippen LogP contribution in [0.15, 0.2) is 176 Å². The van der Waals surface area contributed by atoms with Crippen molar-refractivity contribution in [1.29, 1.82) is 0 Å². The molecule has 0 aliphatic carbocycles. The van der Waals surface area contributed by atoms with Gasteiger partial charge in [0.1, 0.15) is 24.0 Å². The van der Waals surface area contributed by atoms with Crippen molar-refractivity contribution in [2.45, 2.75) is 144 Å². The highest BCUT2D eigenvalue weighted by Crippen LogP contribution is 2.52. The fraction of sp³-hybridized carbons (Fsp3) is 0.303. The summed E-state index contributed by atoms with van der Waals surface area (Å²) in [4.78, 5) is 10.1. The molecule has 3 aromatic heterocycles. The number of nitrogens with zero attached hydrogens (tertiary/aromatic N) is 4. The minimum absolute atomic E-state index is 0.0371. The Balaban J connectivity index is 0.989. The van der Waals surface area contributed by atoms with Crippen molar-refractivity contribution in [2.24, 2.45) is 0 Å². The van der Waals surface area contributed by atoms with Crippen molar-refractivity contribution in [1.82, 2.24) is 9.55 Å². The molecule has 1 aliphatic rings. The Morgan fingerprint density at radius 2 is 1.01 bits per heavy atom. The molecule has 0 saturated carbocycles. The van der Waals surface area contributed by atoms with Crippen LogP contribution in [0.4, 0.5) is 22.7 Å². The lowest BCUT2D eigenvalue weighted by Gasteiger charge is -2.31. The Bertz CT molecular complexity index is 4120. The first kappa shape index (κ1) is 54.9. The van der Waals surface area contributed by atoms with Gasteiger partial charge in [0.05, 0.1) is 28.1 Å². The molecule has 0 radical (unpaired) electrons. The normalized spacial score (nSPS) is 13.5. The summed E-state index contributed by atoms with van der Waals surface area (Å²) in [6, 6.07) is 63.8. The zero-order chi connectivity index (χ0) is 57.8. The number of fused-ring (bicyclic) bond motifs is 8. The predicted octanol–water partition coefficient (Wildman–Crippen LogP) is 22.2. The van der Waals surface area contributed by atoms with Gasteiger partial charge in [-0.1, -0.05) is 201 Å². The number of rotatable bonds is 10. The molecular formula is C76H80N4OS. The summed E-state index contributed by atoms with van der Waals surface area (Å²) in [5, 5.41) is 5.01. The minimum atomic E-state index is -0.0500. The van der Waals surface area contributed by atoms with Crippen LogP contribution in [0.1, 0.15) is 145 Å². The van der Waals surface area contributed by atoms with E-state index in [1.165, 1.54) is 86.7 Å². The van der Waals surface area contributed by atoms with E-state index in [1.54, 1.807) is 0 Å². The van der Waals surface area contributed by atoms with E-state index in [4.69, 9.17) is 9.72 Å². The number of aromatic nitrogens is 2. The quantitative estimate of drug-likeness (QED) is 0.137. The Hall–Kier alpha value is -7.67. The standard InChI is InChI=1S/C76H80N4OS/c1-16-76(15,17-2)50-36-37-77-68(44-50)80-65-35-34-61-60-26-18-21-31-67(60)82-71(61)69(65)62-33-32-57(46-66(62)80)81-56-25-22-24-55(45-56)78-47-79(64-30-20-19-29-63(64)78)70-58(48-38-51(72(3,4)5)42-52(39-48)73(6,7)8)27-23-28-59(70)49-40-53(74(9,10)11)43-54(41-49)75(12,13)14/h18-46H,16-17,47H2,1-15H3. The molecule has 0 unspecified atom stereocenters. The van der Waals surface area contributed by atoms with Crippen molar-refractivity contribution in [3.8, 4) is 39.6 Å². The highest BCUT2D eigenvalue weighted by Gasteiger charge is 2.34. The lowest BCUT2D eigenvalue weighted by atomic mass is 9.77. The molecule has 1 aliphatic heterocycles. The summed E-state index contributed by atoms with van der Waals surface area (Å²) in [6.07, 6.45) is 4.08. The molecule has 8 aromatic carbocycles. The number of ether oxygens (including phenoxy) is 1. The van der Waals surface area contributed by atoms with E-state index in [0.717, 1.165) is 58.3 Å². The molecule has 0 atom stereocenters. The number of hydrogen-bond donors (Lipinski definition) is 0. The van der Waals surface area contributed by atoms with E-state index in [2.05, 4.69) is 288 Å². The maximum Gasteiger partial charge on any atom is 0.137 e. The van der Waals surface area contributed by atoms with Gasteiger partial charge in [-0.15, -0.1) is 11.3 Å². The van der Waals surface area contributed by atoms with Gasteiger partial charge in [-0.25, -0.2) is 4.98 Å². The summed E-state index contributed by atoms with van der Waals surface area (Å²) in [5.41, 5.74) is 18.2.